The first-order valence-electron chi connectivity index (χ1n) is 10.4. The fraction of sp³-hybridized carbons (Fsp3) is 0.364. The Morgan fingerprint density at radius 3 is 2.60 bits per heavy atom. The molecular weight excluding hydrogens is 376 g/mol. The summed E-state index contributed by atoms with van der Waals surface area (Å²) in [4.78, 5) is 20.8. The molecule has 6 rings (SSSR count). The molecule has 0 saturated carbocycles. The van der Waals surface area contributed by atoms with Crippen LogP contribution in [-0.4, -0.2) is 50.7 Å². The number of hydrogen-bond acceptors (Lipinski definition) is 7. The first-order chi connectivity index (χ1) is 14.6. The summed E-state index contributed by atoms with van der Waals surface area (Å²) in [6, 6.07) is 8.45. The minimum atomic E-state index is 0.303. The molecule has 2 saturated heterocycles. The third kappa shape index (κ3) is 2.71. The summed E-state index contributed by atoms with van der Waals surface area (Å²) >= 11 is 0. The molecule has 4 aromatic rings. The molecule has 3 aromatic heterocycles. The van der Waals surface area contributed by atoms with E-state index in [0.717, 1.165) is 53.9 Å². The van der Waals surface area contributed by atoms with Gasteiger partial charge in [0.2, 0.25) is 5.95 Å². The average Bonchev–Trinajstić information content (AvgIpc) is 3.12. The number of imidazole rings is 1. The molecule has 2 aliphatic rings. The molecule has 0 bridgehead atoms. The second kappa shape index (κ2) is 6.37. The molecule has 5 heterocycles. The maximum atomic E-state index is 4.80. The molecule has 2 fully saturated rings. The largest absolute Gasteiger partial charge is 0.369 e. The fourth-order valence-electron chi connectivity index (χ4n) is 4.47. The van der Waals surface area contributed by atoms with Crippen LogP contribution in [0.4, 0.5) is 17.5 Å². The van der Waals surface area contributed by atoms with E-state index in [9.17, 15) is 0 Å². The van der Waals surface area contributed by atoms with Crippen LogP contribution in [0, 0.1) is 5.41 Å². The van der Waals surface area contributed by atoms with Gasteiger partial charge < -0.3 is 20.1 Å². The molecule has 0 aliphatic carbocycles. The lowest BCUT2D eigenvalue weighted by Gasteiger charge is -2.57. The van der Waals surface area contributed by atoms with Crippen LogP contribution in [0.25, 0.3) is 21.9 Å². The molecule has 0 atom stereocenters. The van der Waals surface area contributed by atoms with Crippen molar-refractivity contribution in [2.75, 3.05) is 36.4 Å². The van der Waals surface area contributed by atoms with Crippen LogP contribution in [0.1, 0.15) is 19.9 Å². The van der Waals surface area contributed by atoms with Crippen LogP contribution in [0.15, 0.2) is 43.0 Å². The van der Waals surface area contributed by atoms with Crippen molar-refractivity contribution in [2.45, 2.75) is 19.9 Å². The highest BCUT2D eigenvalue weighted by molar-refractivity contribution is 6.02. The van der Waals surface area contributed by atoms with Gasteiger partial charge in [-0.2, -0.15) is 0 Å². The molecule has 1 spiro atoms. The highest BCUT2D eigenvalue weighted by Crippen LogP contribution is 2.37. The Bertz CT molecular complexity index is 1230. The zero-order valence-electron chi connectivity index (χ0n) is 17.1. The standard InChI is InChI=1S/C22H24N8/c1-14(2)30-13-26-17-5-3-15-7-25-21(28-19(15)20(17)30)27-18-6-4-16(8-24-18)29-11-22(12-29)9-23-10-22/h3-8,13-14,23H,9-12H2,1-2H3,(H,24,25,27,28). The van der Waals surface area contributed by atoms with Crippen molar-refractivity contribution in [1.82, 2.24) is 29.8 Å². The van der Waals surface area contributed by atoms with Gasteiger partial charge in [-0.1, -0.05) is 0 Å². The molecule has 30 heavy (non-hydrogen) atoms. The summed E-state index contributed by atoms with van der Waals surface area (Å²) in [6.45, 7) is 8.79. The second-order valence-electron chi connectivity index (χ2n) is 8.80. The van der Waals surface area contributed by atoms with E-state index in [1.54, 1.807) is 0 Å². The summed E-state index contributed by atoms with van der Waals surface area (Å²) in [5.74, 6) is 1.28. The number of aromatic nitrogens is 5. The summed E-state index contributed by atoms with van der Waals surface area (Å²) in [5.41, 5.74) is 4.54. The normalized spacial score (nSPS) is 17.5. The van der Waals surface area contributed by atoms with Gasteiger partial charge in [0.15, 0.2) is 0 Å². The fourth-order valence-corrected chi connectivity index (χ4v) is 4.47. The van der Waals surface area contributed by atoms with Crippen molar-refractivity contribution in [3.8, 4) is 0 Å². The summed E-state index contributed by atoms with van der Waals surface area (Å²) in [5, 5.41) is 7.62. The number of fused-ring (bicyclic) bond motifs is 3. The van der Waals surface area contributed by atoms with Crippen molar-refractivity contribution in [2.24, 2.45) is 5.41 Å². The Labute approximate surface area is 174 Å². The predicted octanol–water partition coefficient (Wildman–Crippen LogP) is 3.11. The molecule has 0 unspecified atom stereocenters. The third-order valence-corrected chi connectivity index (χ3v) is 6.25. The van der Waals surface area contributed by atoms with Crippen LogP contribution in [0.3, 0.4) is 0 Å². The van der Waals surface area contributed by atoms with Gasteiger partial charge in [-0.3, -0.25) is 0 Å². The van der Waals surface area contributed by atoms with Gasteiger partial charge in [-0.25, -0.2) is 19.9 Å². The molecule has 0 radical (unpaired) electrons. The highest BCUT2D eigenvalue weighted by Gasteiger charge is 2.47. The van der Waals surface area contributed by atoms with Gasteiger partial charge in [0.25, 0.3) is 0 Å². The number of nitrogens with one attached hydrogen (secondary N) is 2. The van der Waals surface area contributed by atoms with E-state index >= 15 is 0 Å². The van der Waals surface area contributed by atoms with Gasteiger partial charge in [0, 0.05) is 49.2 Å². The van der Waals surface area contributed by atoms with Crippen molar-refractivity contribution in [3.05, 3.63) is 43.0 Å². The van der Waals surface area contributed by atoms with E-state index in [2.05, 4.69) is 55.0 Å². The van der Waals surface area contributed by atoms with Crippen LogP contribution in [0.2, 0.25) is 0 Å². The first kappa shape index (κ1) is 17.6. The average molecular weight is 400 g/mol. The smallest absolute Gasteiger partial charge is 0.228 e. The first-order valence-corrected chi connectivity index (χ1v) is 10.4. The maximum absolute atomic E-state index is 4.80. The van der Waals surface area contributed by atoms with Crippen LogP contribution in [-0.2, 0) is 0 Å². The summed E-state index contributed by atoms with van der Waals surface area (Å²) < 4.78 is 2.15. The van der Waals surface area contributed by atoms with E-state index in [1.807, 2.05) is 36.9 Å². The lowest BCUT2D eigenvalue weighted by Crippen LogP contribution is -2.71. The van der Waals surface area contributed by atoms with E-state index in [4.69, 9.17) is 4.98 Å². The second-order valence-corrected chi connectivity index (χ2v) is 8.80. The van der Waals surface area contributed by atoms with Gasteiger partial charge in [-0.15, -0.1) is 0 Å². The Hall–Kier alpha value is -3.26. The minimum Gasteiger partial charge on any atom is -0.369 e. The van der Waals surface area contributed by atoms with Gasteiger partial charge in [-0.05, 0) is 38.1 Å². The zero-order valence-corrected chi connectivity index (χ0v) is 17.1. The Kier molecular flexibility index (Phi) is 3.73. The Morgan fingerprint density at radius 2 is 1.90 bits per heavy atom. The number of pyridine rings is 1. The van der Waals surface area contributed by atoms with E-state index in [-0.39, 0.29) is 0 Å². The van der Waals surface area contributed by atoms with Crippen molar-refractivity contribution < 1.29 is 0 Å². The van der Waals surface area contributed by atoms with E-state index in [0.29, 0.717) is 17.4 Å². The van der Waals surface area contributed by atoms with Crippen molar-refractivity contribution >= 4 is 39.4 Å². The number of benzene rings is 1. The molecule has 0 amide bonds. The van der Waals surface area contributed by atoms with Crippen molar-refractivity contribution in [1.29, 1.82) is 0 Å². The van der Waals surface area contributed by atoms with Gasteiger partial charge >= 0.3 is 0 Å². The number of hydrogen-bond donors (Lipinski definition) is 2. The van der Waals surface area contributed by atoms with Crippen LogP contribution < -0.4 is 15.5 Å². The number of rotatable bonds is 4. The van der Waals surface area contributed by atoms with E-state index < -0.39 is 0 Å². The third-order valence-electron chi connectivity index (χ3n) is 6.25. The molecule has 2 aliphatic heterocycles. The van der Waals surface area contributed by atoms with Crippen molar-refractivity contribution in [3.63, 3.8) is 0 Å². The predicted molar refractivity (Wildman–Crippen MR) is 118 cm³/mol. The minimum absolute atomic E-state index is 0.303. The molecule has 8 heteroatoms. The lowest BCUT2D eigenvalue weighted by molar-refractivity contribution is 0.121. The summed E-state index contributed by atoms with van der Waals surface area (Å²) in [6.07, 6.45) is 5.65. The molecule has 2 N–H and O–H groups in total. The van der Waals surface area contributed by atoms with Gasteiger partial charge in [0.05, 0.1) is 29.2 Å². The number of nitrogens with zero attached hydrogens (tertiary/aromatic N) is 6. The Balaban J connectivity index is 1.27. The van der Waals surface area contributed by atoms with Crippen LogP contribution in [0.5, 0.6) is 0 Å². The molecule has 8 nitrogen and oxygen atoms in total. The topological polar surface area (TPSA) is 83.8 Å². The number of anilines is 3. The molecule has 152 valence electrons. The lowest BCUT2D eigenvalue weighted by atomic mass is 9.74. The molecular formula is C22H24N8. The quantitative estimate of drug-likeness (QED) is 0.544. The van der Waals surface area contributed by atoms with E-state index in [1.165, 1.54) is 5.69 Å². The Morgan fingerprint density at radius 1 is 1.03 bits per heavy atom. The van der Waals surface area contributed by atoms with Gasteiger partial charge in [0.1, 0.15) is 11.3 Å². The molecule has 1 aromatic carbocycles. The SMILES string of the molecule is CC(C)n1cnc2ccc3cnc(Nc4ccc(N5CC6(CNC6)C5)cn4)nc3c21. The summed E-state index contributed by atoms with van der Waals surface area (Å²) in [7, 11) is 0. The maximum Gasteiger partial charge on any atom is 0.228 e. The monoisotopic (exact) mass is 400 g/mol. The van der Waals surface area contributed by atoms with Crippen LogP contribution >= 0.6 is 0 Å². The highest BCUT2D eigenvalue weighted by atomic mass is 15.3. The zero-order chi connectivity index (χ0) is 20.3.